The summed E-state index contributed by atoms with van der Waals surface area (Å²) in [7, 11) is 0. The van der Waals surface area contributed by atoms with Crippen molar-refractivity contribution in [3.05, 3.63) is 18.1 Å². The molecule has 1 aliphatic carbocycles. The summed E-state index contributed by atoms with van der Waals surface area (Å²) in [6.45, 7) is 5.42. The third-order valence-corrected chi connectivity index (χ3v) is 5.44. The van der Waals surface area contributed by atoms with Gasteiger partial charge in [-0.3, -0.25) is 14.6 Å². The molecule has 3 aliphatic rings. The number of carbonyl (C=O) groups is 2. The average molecular weight is 359 g/mol. The first-order chi connectivity index (χ1) is 12.6. The molecule has 4 rings (SSSR count). The van der Waals surface area contributed by atoms with E-state index >= 15 is 0 Å². The van der Waals surface area contributed by atoms with Gasteiger partial charge < -0.3 is 19.9 Å². The first-order valence-corrected chi connectivity index (χ1v) is 9.33. The lowest BCUT2D eigenvalue weighted by Gasteiger charge is -2.26. The fraction of sp³-hybridized carbons (Fsp3) is 0.667. The van der Waals surface area contributed by atoms with Crippen LogP contribution in [0.1, 0.15) is 30.3 Å². The van der Waals surface area contributed by atoms with Crippen molar-refractivity contribution in [3.8, 4) is 0 Å². The lowest BCUT2D eigenvalue weighted by Crippen LogP contribution is -2.41. The number of aromatic nitrogens is 2. The molecule has 3 heterocycles. The number of rotatable bonds is 4. The van der Waals surface area contributed by atoms with Gasteiger partial charge in [0.25, 0.3) is 5.91 Å². The van der Waals surface area contributed by atoms with Crippen molar-refractivity contribution in [2.24, 2.45) is 11.8 Å². The Hall–Kier alpha value is -2.22. The first kappa shape index (κ1) is 17.2. The van der Waals surface area contributed by atoms with Crippen molar-refractivity contribution >= 4 is 17.6 Å². The highest BCUT2D eigenvalue weighted by Crippen LogP contribution is 2.42. The molecule has 0 bridgehead atoms. The Morgan fingerprint density at radius 2 is 1.96 bits per heavy atom. The molecular weight excluding hydrogens is 334 g/mol. The standard InChI is InChI=1S/C18H25N5O3/c1-12(24)20-16-11-23(10-14(16)13-2-3-13)17-9-19-8-15(21-17)18(25)22-4-6-26-7-5-22/h8-9,13-14,16H,2-7,10-11H2,1H3,(H,20,24)/t14-,16+/m1/s1. The summed E-state index contributed by atoms with van der Waals surface area (Å²) in [5.41, 5.74) is 0.371. The molecular formula is C18H25N5O3. The third-order valence-electron chi connectivity index (χ3n) is 5.44. The molecule has 1 N–H and O–H groups in total. The van der Waals surface area contributed by atoms with Crippen LogP contribution in [-0.4, -0.2) is 72.1 Å². The summed E-state index contributed by atoms with van der Waals surface area (Å²) in [6.07, 6.45) is 5.70. The molecule has 140 valence electrons. The molecule has 2 atom stereocenters. The molecule has 1 aromatic rings. The fourth-order valence-electron chi connectivity index (χ4n) is 3.97. The van der Waals surface area contributed by atoms with Gasteiger partial charge in [0.2, 0.25) is 5.91 Å². The smallest absolute Gasteiger partial charge is 0.274 e. The van der Waals surface area contributed by atoms with Gasteiger partial charge in [-0.2, -0.15) is 0 Å². The van der Waals surface area contributed by atoms with E-state index < -0.39 is 0 Å². The maximum absolute atomic E-state index is 12.7. The molecule has 3 fully saturated rings. The number of amides is 2. The van der Waals surface area contributed by atoms with Crippen molar-refractivity contribution < 1.29 is 14.3 Å². The van der Waals surface area contributed by atoms with Gasteiger partial charge in [0.05, 0.1) is 31.6 Å². The second-order valence-corrected chi connectivity index (χ2v) is 7.38. The fourth-order valence-corrected chi connectivity index (χ4v) is 3.97. The van der Waals surface area contributed by atoms with E-state index in [1.807, 2.05) is 0 Å². The summed E-state index contributed by atoms with van der Waals surface area (Å²) in [5, 5.41) is 3.08. The number of hydrogen-bond donors (Lipinski definition) is 1. The molecule has 8 heteroatoms. The van der Waals surface area contributed by atoms with E-state index in [4.69, 9.17) is 4.74 Å². The Morgan fingerprint density at radius 1 is 1.19 bits per heavy atom. The monoisotopic (exact) mass is 359 g/mol. The molecule has 2 amide bonds. The minimum Gasteiger partial charge on any atom is -0.378 e. The molecule has 2 aliphatic heterocycles. The van der Waals surface area contributed by atoms with E-state index in [1.54, 1.807) is 18.0 Å². The summed E-state index contributed by atoms with van der Waals surface area (Å²) in [4.78, 5) is 36.9. The zero-order valence-corrected chi connectivity index (χ0v) is 15.1. The van der Waals surface area contributed by atoms with E-state index in [-0.39, 0.29) is 17.9 Å². The third kappa shape index (κ3) is 3.65. The Balaban J connectivity index is 1.49. The van der Waals surface area contributed by atoms with Crippen LogP contribution in [0.15, 0.2) is 12.4 Å². The summed E-state index contributed by atoms with van der Waals surface area (Å²) in [6, 6.07) is 0.139. The quantitative estimate of drug-likeness (QED) is 0.832. The van der Waals surface area contributed by atoms with Crippen LogP contribution in [0.4, 0.5) is 5.82 Å². The Morgan fingerprint density at radius 3 is 2.65 bits per heavy atom. The lowest BCUT2D eigenvalue weighted by atomic mass is 9.98. The van der Waals surface area contributed by atoms with E-state index in [2.05, 4.69) is 20.2 Å². The number of morpholine rings is 1. The largest absolute Gasteiger partial charge is 0.378 e. The molecule has 0 spiro atoms. The highest BCUT2D eigenvalue weighted by Gasteiger charge is 2.43. The van der Waals surface area contributed by atoms with E-state index in [0.717, 1.165) is 6.54 Å². The Labute approximate surface area is 152 Å². The molecule has 1 aromatic heterocycles. The summed E-state index contributed by atoms with van der Waals surface area (Å²) < 4.78 is 5.30. The van der Waals surface area contributed by atoms with E-state index in [1.165, 1.54) is 19.0 Å². The second kappa shape index (κ2) is 7.19. The van der Waals surface area contributed by atoms with E-state index in [0.29, 0.717) is 56.2 Å². The van der Waals surface area contributed by atoms with E-state index in [9.17, 15) is 9.59 Å². The number of anilines is 1. The molecule has 1 saturated carbocycles. The SMILES string of the molecule is CC(=O)N[C@H]1CN(c2cncc(C(=O)N3CCOCC3)n2)C[C@@H]1C1CC1. The highest BCUT2D eigenvalue weighted by molar-refractivity contribution is 5.92. The predicted molar refractivity (Wildman–Crippen MR) is 94.8 cm³/mol. The maximum Gasteiger partial charge on any atom is 0.274 e. The Kier molecular flexibility index (Phi) is 4.76. The van der Waals surface area contributed by atoms with Crippen LogP contribution >= 0.6 is 0 Å². The molecule has 0 aromatic carbocycles. The number of hydrogen-bond acceptors (Lipinski definition) is 6. The van der Waals surface area contributed by atoms with Crippen molar-refractivity contribution in [1.29, 1.82) is 0 Å². The highest BCUT2D eigenvalue weighted by atomic mass is 16.5. The second-order valence-electron chi connectivity index (χ2n) is 7.38. The number of nitrogens with one attached hydrogen (secondary N) is 1. The van der Waals surface area contributed by atoms with Crippen LogP contribution in [0.5, 0.6) is 0 Å². The minimum atomic E-state index is -0.0981. The van der Waals surface area contributed by atoms with Gasteiger partial charge in [-0.1, -0.05) is 0 Å². The van der Waals surface area contributed by atoms with Crippen LogP contribution < -0.4 is 10.2 Å². The van der Waals surface area contributed by atoms with Gasteiger partial charge in [0.15, 0.2) is 0 Å². The zero-order chi connectivity index (χ0) is 18.1. The van der Waals surface area contributed by atoms with Gasteiger partial charge in [-0.25, -0.2) is 4.98 Å². The van der Waals surface area contributed by atoms with Crippen LogP contribution in [0.2, 0.25) is 0 Å². The van der Waals surface area contributed by atoms with Crippen LogP contribution in [-0.2, 0) is 9.53 Å². The molecule has 0 unspecified atom stereocenters. The predicted octanol–water partition coefficient (Wildman–Crippen LogP) is 0.300. The minimum absolute atomic E-state index is 0.00447. The van der Waals surface area contributed by atoms with Gasteiger partial charge in [0.1, 0.15) is 11.5 Å². The molecule has 26 heavy (non-hydrogen) atoms. The average Bonchev–Trinajstić information content (AvgIpc) is 3.42. The lowest BCUT2D eigenvalue weighted by molar-refractivity contribution is -0.119. The van der Waals surface area contributed by atoms with Crippen molar-refractivity contribution in [2.45, 2.75) is 25.8 Å². The molecule has 0 radical (unpaired) electrons. The zero-order valence-electron chi connectivity index (χ0n) is 15.1. The number of ether oxygens (including phenoxy) is 1. The summed E-state index contributed by atoms with van der Waals surface area (Å²) >= 11 is 0. The van der Waals surface area contributed by atoms with Crippen LogP contribution in [0.25, 0.3) is 0 Å². The van der Waals surface area contributed by atoms with Crippen molar-refractivity contribution in [1.82, 2.24) is 20.2 Å². The maximum atomic E-state index is 12.7. The summed E-state index contributed by atoms with van der Waals surface area (Å²) in [5.74, 6) is 1.74. The van der Waals surface area contributed by atoms with Crippen LogP contribution in [0, 0.1) is 11.8 Å². The van der Waals surface area contributed by atoms with Gasteiger partial charge >= 0.3 is 0 Å². The first-order valence-electron chi connectivity index (χ1n) is 9.33. The van der Waals surface area contributed by atoms with Crippen LogP contribution in [0.3, 0.4) is 0 Å². The van der Waals surface area contributed by atoms with Crippen molar-refractivity contribution in [3.63, 3.8) is 0 Å². The topological polar surface area (TPSA) is 87.7 Å². The van der Waals surface area contributed by atoms with Gasteiger partial charge in [0, 0.05) is 39.0 Å². The Bertz CT molecular complexity index is 687. The number of carbonyl (C=O) groups excluding carboxylic acids is 2. The normalized spacial score (nSPS) is 26.0. The van der Waals surface area contributed by atoms with Crippen molar-refractivity contribution in [2.75, 3.05) is 44.3 Å². The van der Waals surface area contributed by atoms with Gasteiger partial charge in [-0.15, -0.1) is 0 Å². The number of nitrogens with zero attached hydrogens (tertiary/aromatic N) is 4. The molecule has 2 saturated heterocycles. The molecule has 8 nitrogen and oxygen atoms in total. The van der Waals surface area contributed by atoms with Gasteiger partial charge in [-0.05, 0) is 18.8 Å².